The van der Waals surface area contributed by atoms with Crippen molar-refractivity contribution in [2.75, 3.05) is 18.5 Å². The number of alkyl halides is 1. The van der Waals surface area contributed by atoms with E-state index in [4.69, 9.17) is 4.74 Å². The van der Waals surface area contributed by atoms with Gasteiger partial charge in [0.25, 0.3) is 0 Å². The maximum Gasteiger partial charge on any atom is 0.0651 e. The molecule has 0 aliphatic rings. The van der Waals surface area contributed by atoms with Crippen molar-refractivity contribution in [1.29, 1.82) is 0 Å². The fourth-order valence-electron chi connectivity index (χ4n) is 0.954. The molecular formula is C11H13BrO. The first-order valence-electron chi connectivity index (χ1n) is 4.29. The Morgan fingerprint density at radius 2 is 2.00 bits per heavy atom. The Hall–Kier alpha value is -0.600. The molecule has 0 N–H and O–H groups in total. The summed E-state index contributed by atoms with van der Waals surface area (Å²) in [6.45, 7) is 1.44. The lowest BCUT2D eigenvalue weighted by molar-refractivity contribution is 0.181. The zero-order valence-corrected chi connectivity index (χ0v) is 9.03. The molecule has 0 amide bonds. The standard InChI is InChI=1S/C11H13BrO/c12-8-10-13-9-4-7-11-5-2-1-3-6-11/h1-7H,8-10H2/b7-4+. The van der Waals surface area contributed by atoms with Crippen LogP contribution in [0.3, 0.4) is 0 Å². The van der Waals surface area contributed by atoms with E-state index in [9.17, 15) is 0 Å². The van der Waals surface area contributed by atoms with E-state index in [1.54, 1.807) is 0 Å². The van der Waals surface area contributed by atoms with Gasteiger partial charge < -0.3 is 4.74 Å². The topological polar surface area (TPSA) is 9.23 Å². The van der Waals surface area contributed by atoms with Gasteiger partial charge in [-0.15, -0.1) is 0 Å². The smallest absolute Gasteiger partial charge is 0.0651 e. The van der Waals surface area contributed by atoms with Gasteiger partial charge >= 0.3 is 0 Å². The Morgan fingerprint density at radius 3 is 2.69 bits per heavy atom. The van der Waals surface area contributed by atoms with Crippen LogP contribution in [0.4, 0.5) is 0 Å². The number of ether oxygens (including phenoxy) is 1. The monoisotopic (exact) mass is 240 g/mol. The minimum atomic E-state index is 0.681. The number of benzene rings is 1. The van der Waals surface area contributed by atoms with E-state index in [0.29, 0.717) is 6.61 Å². The van der Waals surface area contributed by atoms with Crippen LogP contribution in [-0.2, 0) is 4.74 Å². The summed E-state index contributed by atoms with van der Waals surface area (Å²) in [5, 5.41) is 0.895. The summed E-state index contributed by atoms with van der Waals surface area (Å²) in [6.07, 6.45) is 4.09. The molecule has 1 aromatic rings. The van der Waals surface area contributed by atoms with Gasteiger partial charge in [-0.25, -0.2) is 0 Å². The molecule has 0 aromatic heterocycles. The van der Waals surface area contributed by atoms with E-state index in [1.807, 2.05) is 24.3 Å². The Labute approximate surface area is 87.5 Å². The highest BCUT2D eigenvalue weighted by Crippen LogP contribution is 2.00. The normalized spacial score (nSPS) is 10.8. The van der Waals surface area contributed by atoms with Gasteiger partial charge in [-0.1, -0.05) is 58.4 Å². The van der Waals surface area contributed by atoms with Crippen LogP contribution < -0.4 is 0 Å². The van der Waals surface area contributed by atoms with Gasteiger partial charge in [-0.05, 0) is 5.56 Å². The van der Waals surface area contributed by atoms with Crippen molar-refractivity contribution in [3.8, 4) is 0 Å². The third-order valence-electron chi connectivity index (χ3n) is 1.55. The highest BCUT2D eigenvalue weighted by Gasteiger charge is 1.83. The third kappa shape index (κ3) is 4.86. The van der Waals surface area contributed by atoms with Gasteiger partial charge in [0, 0.05) is 5.33 Å². The summed E-state index contributed by atoms with van der Waals surface area (Å²) < 4.78 is 5.27. The summed E-state index contributed by atoms with van der Waals surface area (Å²) in [4.78, 5) is 0. The van der Waals surface area contributed by atoms with Crippen molar-refractivity contribution in [3.05, 3.63) is 42.0 Å². The van der Waals surface area contributed by atoms with Crippen LogP contribution >= 0.6 is 15.9 Å². The largest absolute Gasteiger partial charge is 0.377 e. The summed E-state index contributed by atoms with van der Waals surface area (Å²) >= 11 is 3.30. The van der Waals surface area contributed by atoms with E-state index in [0.717, 1.165) is 11.9 Å². The Kier molecular flexibility index (Phi) is 5.54. The number of hydrogen-bond donors (Lipinski definition) is 0. The predicted molar refractivity (Wildman–Crippen MR) is 60.1 cm³/mol. The summed E-state index contributed by atoms with van der Waals surface area (Å²) in [5.74, 6) is 0. The lowest BCUT2D eigenvalue weighted by Crippen LogP contribution is -1.93. The highest BCUT2D eigenvalue weighted by molar-refractivity contribution is 9.09. The summed E-state index contributed by atoms with van der Waals surface area (Å²) in [6, 6.07) is 10.2. The van der Waals surface area contributed by atoms with Gasteiger partial charge in [0.15, 0.2) is 0 Å². The number of halogens is 1. The molecule has 1 rings (SSSR count). The Morgan fingerprint density at radius 1 is 1.23 bits per heavy atom. The molecule has 2 heteroatoms. The van der Waals surface area contributed by atoms with Crippen LogP contribution in [0.2, 0.25) is 0 Å². The molecule has 0 atom stereocenters. The molecule has 0 radical (unpaired) electrons. The zero-order valence-electron chi connectivity index (χ0n) is 7.45. The average molecular weight is 241 g/mol. The molecule has 0 spiro atoms. The average Bonchev–Trinajstić information content (AvgIpc) is 2.19. The molecule has 13 heavy (non-hydrogen) atoms. The first-order chi connectivity index (χ1) is 6.43. The van der Waals surface area contributed by atoms with Crippen molar-refractivity contribution in [2.24, 2.45) is 0 Å². The molecule has 0 bridgehead atoms. The van der Waals surface area contributed by atoms with Gasteiger partial charge in [-0.3, -0.25) is 0 Å². The van der Waals surface area contributed by atoms with Crippen molar-refractivity contribution in [1.82, 2.24) is 0 Å². The first-order valence-corrected chi connectivity index (χ1v) is 5.41. The highest BCUT2D eigenvalue weighted by atomic mass is 79.9. The van der Waals surface area contributed by atoms with Crippen molar-refractivity contribution in [3.63, 3.8) is 0 Å². The molecule has 0 aliphatic heterocycles. The second-order valence-corrected chi connectivity index (χ2v) is 3.37. The first kappa shape index (κ1) is 10.5. The lowest BCUT2D eigenvalue weighted by atomic mass is 10.2. The molecule has 0 unspecified atom stereocenters. The van der Waals surface area contributed by atoms with Crippen LogP contribution in [0.25, 0.3) is 6.08 Å². The zero-order chi connectivity index (χ0) is 9.36. The molecule has 0 aliphatic carbocycles. The third-order valence-corrected chi connectivity index (χ3v) is 1.87. The summed E-state index contributed by atoms with van der Waals surface area (Å²) in [5.41, 5.74) is 1.21. The van der Waals surface area contributed by atoms with Crippen molar-refractivity contribution >= 4 is 22.0 Å². The minimum Gasteiger partial charge on any atom is -0.377 e. The van der Waals surface area contributed by atoms with E-state index >= 15 is 0 Å². The molecule has 0 saturated heterocycles. The fourth-order valence-corrected chi connectivity index (χ4v) is 1.18. The molecular weight excluding hydrogens is 228 g/mol. The fraction of sp³-hybridized carbons (Fsp3) is 0.273. The van der Waals surface area contributed by atoms with E-state index in [1.165, 1.54) is 5.56 Å². The molecule has 0 saturated carbocycles. The molecule has 1 nitrogen and oxygen atoms in total. The van der Waals surface area contributed by atoms with E-state index in [-0.39, 0.29) is 0 Å². The second-order valence-electron chi connectivity index (χ2n) is 2.58. The van der Waals surface area contributed by atoms with Crippen LogP contribution in [-0.4, -0.2) is 18.5 Å². The maximum atomic E-state index is 5.27. The van der Waals surface area contributed by atoms with Crippen molar-refractivity contribution < 1.29 is 4.74 Å². The summed E-state index contributed by atoms with van der Waals surface area (Å²) in [7, 11) is 0. The number of hydrogen-bond acceptors (Lipinski definition) is 1. The Balaban J connectivity index is 2.25. The minimum absolute atomic E-state index is 0.681. The molecule has 0 fully saturated rings. The maximum absolute atomic E-state index is 5.27. The molecule has 70 valence electrons. The quantitative estimate of drug-likeness (QED) is 0.568. The van der Waals surface area contributed by atoms with Gasteiger partial charge in [0.2, 0.25) is 0 Å². The van der Waals surface area contributed by atoms with Crippen LogP contribution in [0.1, 0.15) is 5.56 Å². The number of rotatable bonds is 5. The molecule has 0 heterocycles. The predicted octanol–water partition coefficient (Wildman–Crippen LogP) is 3.11. The van der Waals surface area contributed by atoms with Crippen LogP contribution in [0.5, 0.6) is 0 Å². The van der Waals surface area contributed by atoms with E-state index < -0.39 is 0 Å². The van der Waals surface area contributed by atoms with Gasteiger partial charge in [-0.2, -0.15) is 0 Å². The van der Waals surface area contributed by atoms with Crippen LogP contribution in [0.15, 0.2) is 36.4 Å². The molecule has 1 aromatic carbocycles. The van der Waals surface area contributed by atoms with E-state index in [2.05, 4.69) is 34.1 Å². The lowest BCUT2D eigenvalue weighted by Gasteiger charge is -1.95. The second kappa shape index (κ2) is 6.87. The Bertz CT molecular complexity index is 244. The van der Waals surface area contributed by atoms with Crippen LogP contribution in [0, 0.1) is 0 Å². The van der Waals surface area contributed by atoms with Gasteiger partial charge in [0.1, 0.15) is 0 Å². The SMILES string of the molecule is BrCCOC/C=C/c1ccccc1. The van der Waals surface area contributed by atoms with Crippen molar-refractivity contribution in [2.45, 2.75) is 0 Å². The van der Waals surface area contributed by atoms with Gasteiger partial charge in [0.05, 0.1) is 13.2 Å².